The first kappa shape index (κ1) is 5.89. The maximum Gasteiger partial charge on any atom is 0.255 e. The SMILES string of the molecule is CCN1C=NC2(CC2)C1=O. The Morgan fingerprint density at radius 1 is 1.80 bits per heavy atom. The fourth-order valence-corrected chi connectivity index (χ4v) is 1.24. The third-order valence-corrected chi connectivity index (χ3v) is 2.17. The Bertz CT molecular complexity index is 206. The molecular formula is C7H10N2O. The average molecular weight is 138 g/mol. The van der Waals surface area contributed by atoms with Gasteiger partial charge in [-0.05, 0) is 19.8 Å². The van der Waals surface area contributed by atoms with E-state index in [-0.39, 0.29) is 11.4 Å². The number of nitrogens with zero attached hydrogens (tertiary/aromatic N) is 2. The molecule has 1 heterocycles. The van der Waals surface area contributed by atoms with Crippen molar-refractivity contribution in [1.82, 2.24) is 4.90 Å². The van der Waals surface area contributed by atoms with Crippen molar-refractivity contribution in [2.75, 3.05) is 6.54 Å². The quantitative estimate of drug-likeness (QED) is 0.516. The molecule has 3 heteroatoms. The molecule has 54 valence electrons. The summed E-state index contributed by atoms with van der Waals surface area (Å²) < 4.78 is 0. The van der Waals surface area contributed by atoms with Gasteiger partial charge in [-0.15, -0.1) is 0 Å². The Hall–Kier alpha value is -0.860. The van der Waals surface area contributed by atoms with Gasteiger partial charge < -0.3 is 4.90 Å². The van der Waals surface area contributed by atoms with Crippen LogP contribution in [0, 0.1) is 0 Å². The normalized spacial score (nSPS) is 26.5. The van der Waals surface area contributed by atoms with Gasteiger partial charge in [0.05, 0.1) is 6.34 Å². The molecule has 0 N–H and O–H groups in total. The summed E-state index contributed by atoms with van der Waals surface area (Å²) in [6, 6.07) is 0. The van der Waals surface area contributed by atoms with Crippen molar-refractivity contribution in [2.45, 2.75) is 25.3 Å². The summed E-state index contributed by atoms with van der Waals surface area (Å²) in [7, 11) is 0. The van der Waals surface area contributed by atoms with Gasteiger partial charge in [0.2, 0.25) is 0 Å². The first-order chi connectivity index (χ1) is 4.78. The van der Waals surface area contributed by atoms with Crippen LogP contribution in [0.4, 0.5) is 0 Å². The maximum atomic E-state index is 11.3. The molecule has 2 rings (SSSR count). The number of likely N-dealkylation sites (N-methyl/N-ethyl adjacent to an activating group) is 1. The highest BCUT2D eigenvalue weighted by Gasteiger charge is 2.54. The van der Waals surface area contributed by atoms with Gasteiger partial charge >= 0.3 is 0 Å². The van der Waals surface area contributed by atoms with Crippen molar-refractivity contribution >= 4 is 12.2 Å². The molecule has 0 saturated heterocycles. The van der Waals surface area contributed by atoms with Gasteiger partial charge in [-0.1, -0.05) is 0 Å². The van der Waals surface area contributed by atoms with Crippen LogP contribution in [0.25, 0.3) is 0 Å². The van der Waals surface area contributed by atoms with Gasteiger partial charge in [0.25, 0.3) is 5.91 Å². The van der Waals surface area contributed by atoms with Gasteiger partial charge in [0, 0.05) is 6.54 Å². The molecule has 1 aliphatic carbocycles. The standard InChI is InChI=1S/C7H10N2O/c1-2-9-5-8-7(3-4-7)6(9)10/h5H,2-4H2,1H3. The summed E-state index contributed by atoms with van der Waals surface area (Å²) in [5.41, 5.74) is -0.268. The van der Waals surface area contributed by atoms with Crippen molar-refractivity contribution in [3.8, 4) is 0 Å². The predicted octanol–water partition coefficient (Wildman–Crippen LogP) is 0.409. The van der Waals surface area contributed by atoms with Gasteiger partial charge in [-0.25, -0.2) is 0 Å². The zero-order valence-electron chi connectivity index (χ0n) is 6.00. The van der Waals surface area contributed by atoms with Crippen molar-refractivity contribution in [1.29, 1.82) is 0 Å². The molecule has 1 fully saturated rings. The minimum Gasteiger partial charge on any atom is -0.301 e. The second-order valence-electron chi connectivity index (χ2n) is 2.87. The number of hydrogen-bond acceptors (Lipinski definition) is 2. The molecule has 0 radical (unpaired) electrons. The second kappa shape index (κ2) is 1.59. The lowest BCUT2D eigenvalue weighted by Gasteiger charge is -2.09. The van der Waals surface area contributed by atoms with Gasteiger partial charge in [0.1, 0.15) is 5.54 Å². The van der Waals surface area contributed by atoms with Gasteiger partial charge in [0.15, 0.2) is 0 Å². The molecule has 0 aromatic heterocycles. The second-order valence-corrected chi connectivity index (χ2v) is 2.87. The minimum atomic E-state index is -0.268. The fourth-order valence-electron chi connectivity index (χ4n) is 1.24. The van der Waals surface area contributed by atoms with E-state index in [1.807, 2.05) is 6.92 Å². The van der Waals surface area contributed by atoms with E-state index in [0.717, 1.165) is 19.4 Å². The molecule has 0 unspecified atom stereocenters. The highest BCUT2D eigenvalue weighted by atomic mass is 16.2. The number of rotatable bonds is 1. The largest absolute Gasteiger partial charge is 0.301 e. The lowest BCUT2D eigenvalue weighted by molar-refractivity contribution is -0.127. The summed E-state index contributed by atoms with van der Waals surface area (Å²) in [6.45, 7) is 2.72. The Labute approximate surface area is 59.7 Å². The van der Waals surface area contributed by atoms with Crippen LogP contribution in [0.5, 0.6) is 0 Å². The highest BCUT2D eigenvalue weighted by molar-refractivity contribution is 6.02. The van der Waals surface area contributed by atoms with E-state index in [9.17, 15) is 4.79 Å². The lowest BCUT2D eigenvalue weighted by Crippen LogP contribution is -2.31. The Morgan fingerprint density at radius 2 is 2.50 bits per heavy atom. The molecule has 1 amide bonds. The monoisotopic (exact) mass is 138 g/mol. The molecule has 10 heavy (non-hydrogen) atoms. The number of carbonyl (C=O) groups excluding carboxylic acids is 1. The summed E-state index contributed by atoms with van der Waals surface area (Å²) in [5.74, 6) is 0.204. The first-order valence-corrected chi connectivity index (χ1v) is 3.65. The van der Waals surface area contributed by atoms with Crippen LogP contribution in [-0.4, -0.2) is 29.2 Å². The van der Waals surface area contributed by atoms with Crippen LogP contribution in [0.1, 0.15) is 19.8 Å². The van der Waals surface area contributed by atoms with Gasteiger partial charge in [-0.3, -0.25) is 9.79 Å². The molecule has 2 aliphatic rings. The van der Waals surface area contributed by atoms with E-state index in [1.165, 1.54) is 0 Å². The van der Waals surface area contributed by atoms with Crippen LogP contribution < -0.4 is 0 Å². The van der Waals surface area contributed by atoms with Crippen LogP contribution in [0.2, 0.25) is 0 Å². The van der Waals surface area contributed by atoms with Crippen molar-refractivity contribution in [2.24, 2.45) is 4.99 Å². The van der Waals surface area contributed by atoms with Crippen molar-refractivity contribution in [3.05, 3.63) is 0 Å². The summed E-state index contributed by atoms with van der Waals surface area (Å²) >= 11 is 0. The Balaban J connectivity index is 2.20. The van der Waals surface area contributed by atoms with Gasteiger partial charge in [-0.2, -0.15) is 0 Å². The lowest BCUT2D eigenvalue weighted by atomic mass is 10.3. The average Bonchev–Trinajstić information content (AvgIpc) is 2.63. The molecule has 1 saturated carbocycles. The first-order valence-electron chi connectivity index (χ1n) is 3.65. The molecule has 0 atom stereocenters. The van der Waals surface area contributed by atoms with Crippen LogP contribution in [0.15, 0.2) is 4.99 Å². The number of aliphatic imine (C=N–C) groups is 1. The van der Waals surface area contributed by atoms with E-state index in [4.69, 9.17) is 0 Å². The molecule has 0 aromatic carbocycles. The maximum absolute atomic E-state index is 11.3. The third kappa shape index (κ3) is 0.549. The summed E-state index contributed by atoms with van der Waals surface area (Å²) in [4.78, 5) is 17.2. The Kier molecular flexibility index (Phi) is 0.938. The molecular weight excluding hydrogens is 128 g/mol. The van der Waals surface area contributed by atoms with Crippen LogP contribution in [0.3, 0.4) is 0 Å². The number of amides is 1. The molecule has 3 nitrogen and oxygen atoms in total. The van der Waals surface area contributed by atoms with E-state index >= 15 is 0 Å². The summed E-state index contributed by atoms with van der Waals surface area (Å²) in [5, 5.41) is 0. The number of carbonyl (C=O) groups is 1. The van der Waals surface area contributed by atoms with E-state index in [0.29, 0.717) is 0 Å². The highest BCUT2D eigenvalue weighted by Crippen LogP contribution is 2.43. The van der Waals surface area contributed by atoms with Crippen LogP contribution >= 0.6 is 0 Å². The molecule has 1 aliphatic heterocycles. The smallest absolute Gasteiger partial charge is 0.255 e. The van der Waals surface area contributed by atoms with Crippen LogP contribution in [-0.2, 0) is 4.79 Å². The topological polar surface area (TPSA) is 32.7 Å². The zero-order chi connectivity index (χ0) is 7.19. The molecule has 0 bridgehead atoms. The fraction of sp³-hybridized carbons (Fsp3) is 0.714. The van der Waals surface area contributed by atoms with E-state index in [1.54, 1.807) is 11.2 Å². The zero-order valence-corrected chi connectivity index (χ0v) is 6.00. The molecule has 0 aromatic rings. The van der Waals surface area contributed by atoms with E-state index in [2.05, 4.69) is 4.99 Å². The van der Waals surface area contributed by atoms with Crippen molar-refractivity contribution in [3.63, 3.8) is 0 Å². The predicted molar refractivity (Wildman–Crippen MR) is 37.8 cm³/mol. The Morgan fingerprint density at radius 3 is 2.80 bits per heavy atom. The number of hydrogen-bond donors (Lipinski definition) is 0. The van der Waals surface area contributed by atoms with E-state index < -0.39 is 0 Å². The molecule has 1 spiro atoms. The third-order valence-electron chi connectivity index (χ3n) is 2.17. The minimum absolute atomic E-state index is 0.204. The van der Waals surface area contributed by atoms with Crippen molar-refractivity contribution < 1.29 is 4.79 Å². The summed E-state index contributed by atoms with van der Waals surface area (Å²) in [6.07, 6.45) is 3.59.